The number of nitrogens with zero attached hydrogens (tertiary/aromatic N) is 8. The van der Waals surface area contributed by atoms with E-state index in [0.29, 0.717) is 95.3 Å². The highest BCUT2D eigenvalue weighted by molar-refractivity contribution is 6.06. The number of phenolic OH excluding ortho intramolecular Hbond substituents is 2. The molecule has 0 saturated heterocycles. The molecule has 20 rings (SSSR count). The predicted molar refractivity (Wildman–Crippen MR) is 581 cm³/mol. The number of hydrogen-bond acceptors (Lipinski definition) is 18. The number of para-hydroxylation sites is 2. The van der Waals surface area contributed by atoms with Crippen LogP contribution in [-0.4, -0.2) is 99.1 Å². The van der Waals surface area contributed by atoms with E-state index in [1.807, 2.05) is 236 Å². The van der Waals surface area contributed by atoms with Gasteiger partial charge in [0.05, 0.1) is 75.4 Å². The Morgan fingerprint density at radius 3 is 0.925 bits per heavy atom. The molecule has 4 aliphatic carbocycles. The zero-order valence-electron chi connectivity index (χ0n) is 84.5. The van der Waals surface area contributed by atoms with Crippen LogP contribution >= 0.6 is 0 Å². The summed E-state index contributed by atoms with van der Waals surface area (Å²) in [6.45, 7) is 20.7. The molecule has 4 atom stereocenters. The number of hydrogen-bond donors (Lipinski definition) is 14. The summed E-state index contributed by atoms with van der Waals surface area (Å²) in [5.41, 5.74) is 49.1. The summed E-state index contributed by atoms with van der Waals surface area (Å²) in [7, 11) is 0. The van der Waals surface area contributed by atoms with E-state index < -0.39 is 11.7 Å². The highest BCUT2D eigenvalue weighted by Crippen LogP contribution is 2.40. The smallest absolute Gasteiger partial charge is 0.274 e. The highest BCUT2D eigenvalue weighted by Gasteiger charge is 2.32. The van der Waals surface area contributed by atoms with Gasteiger partial charge in [0.25, 0.3) is 23.6 Å². The molecule has 4 aromatic heterocycles. The van der Waals surface area contributed by atoms with Gasteiger partial charge in [-0.2, -0.15) is 20.4 Å². The molecular weight excluding hydrogens is 1840 g/mol. The van der Waals surface area contributed by atoms with Gasteiger partial charge in [-0.1, -0.05) is 187 Å². The molecule has 147 heavy (non-hydrogen) atoms. The molecule has 27 heteroatoms. The number of phenols is 2. The van der Waals surface area contributed by atoms with Crippen LogP contribution in [0.4, 0.5) is 27.1 Å². The second kappa shape index (κ2) is 47.6. The summed E-state index contributed by atoms with van der Waals surface area (Å²) in [6, 6.07) is 94.6. The Labute approximate surface area is 858 Å². The lowest BCUT2D eigenvalue weighted by atomic mass is 9.95. The summed E-state index contributed by atoms with van der Waals surface area (Å²) < 4.78 is 21.5. The van der Waals surface area contributed by atoms with E-state index in [2.05, 4.69) is 137 Å². The molecule has 12 aromatic carbocycles. The molecule has 0 bridgehead atoms. The monoisotopic (exact) mass is 1970 g/mol. The van der Waals surface area contributed by atoms with Crippen LogP contribution in [0, 0.1) is 84.9 Å². The third-order valence-electron chi connectivity index (χ3n) is 27.0. The van der Waals surface area contributed by atoms with Crippen molar-refractivity contribution in [2.75, 3.05) is 47.4 Å². The summed E-state index contributed by atoms with van der Waals surface area (Å²) >= 11 is 0. The molecule has 4 amide bonds. The zero-order chi connectivity index (χ0) is 103. The molecule has 754 valence electrons. The van der Waals surface area contributed by atoms with E-state index in [1.165, 1.54) is 74.1 Å². The SMILES string of the molecule is Cc1cc(C(=O)Nc2cccc(C(NCC3CC3)c3cccc(C)c3O)c2)n(-c2cccc(CN)c2)n1.Cc1cc(C(=O)Nc2cccc(C(NCC3CC3)c3cccc(C)c3O)c2)n(-c2cccc(CN)c2)n1.Cc1ccc(C(NCC2CC2)c2ccc(F)c(NC(=O)c3cc(C)nn3-c3cccc(CN)c3)c2)cc1.Cc1cccc(C(NCC2CC2)c2cccc(NC(=O)c3cc(C)nn3-c3cccc(CN)c3)c2)c1. The summed E-state index contributed by atoms with van der Waals surface area (Å²) in [5.74, 6) is 1.77. The average Bonchev–Trinajstić information content (AvgIpc) is 1.62. The molecule has 4 saturated carbocycles. The second-order valence-corrected chi connectivity index (χ2v) is 39.2. The van der Waals surface area contributed by atoms with E-state index >= 15 is 0 Å². The Hall–Kier alpha value is -15.4. The number of carbonyl (C=O) groups is 4. The van der Waals surface area contributed by atoms with Gasteiger partial charge in [-0.15, -0.1) is 0 Å². The van der Waals surface area contributed by atoms with Crippen LogP contribution in [0.25, 0.3) is 22.7 Å². The Bertz CT molecular complexity index is 7130. The first-order valence-electron chi connectivity index (χ1n) is 50.7. The van der Waals surface area contributed by atoms with Crippen LogP contribution in [0.2, 0.25) is 0 Å². The maximum Gasteiger partial charge on any atom is 0.274 e. The van der Waals surface area contributed by atoms with Gasteiger partial charge in [0, 0.05) is 54.4 Å². The predicted octanol–water partition coefficient (Wildman–Crippen LogP) is 20.7. The van der Waals surface area contributed by atoms with Gasteiger partial charge < -0.3 is 75.7 Å². The van der Waals surface area contributed by atoms with Crippen molar-refractivity contribution in [3.05, 3.63) is 438 Å². The number of rotatable bonds is 36. The van der Waals surface area contributed by atoms with Crippen molar-refractivity contribution in [2.45, 2.75) is 157 Å². The van der Waals surface area contributed by atoms with Gasteiger partial charge in [0.2, 0.25) is 0 Å². The van der Waals surface area contributed by atoms with Crippen LogP contribution in [0.1, 0.15) is 229 Å². The fourth-order valence-electron chi connectivity index (χ4n) is 18.2. The lowest BCUT2D eigenvalue weighted by Crippen LogP contribution is -2.25. The third kappa shape index (κ3) is 26.8. The van der Waals surface area contributed by atoms with Crippen molar-refractivity contribution in [3.63, 3.8) is 0 Å². The first-order valence-corrected chi connectivity index (χ1v) is 50.7. The van der Waals surface area contributed by atoms with E-state index in [4.69, 9.17) is 22.9 Å². The molecule has 0 aliphatic heterocycles. The molecule has 0 spiro atoms. The maximum atomic E-state index is 14.9. The number of benzene rings is 12. The Morgan fingerprint density at radius 2 is 0.592 bits per heavy atom. The second-order valence-electron chi connectivity index (χ2n) is 39.2. The van der Waals surface area contributed by atoms with Crippen LogP contribution in [-0.2, 0) is 26.2 Å². The number of nitrogens with two attached hydrogens (primary N) is 4. The van der Waals surface area contributed by atoms with Crippen molar-refractivity contribution < 1.29 is 33.8 Å². The molecule has 16 aromatic rings. The summed E-state index contributed by atoms with van der Waals surface area (Å²) in [6.07, 6.45) is 10.00. The largest absolute Gasteiger partial charge is 0.507 e. The highest BCUT2D eigenvalue weighted by atomic mass is 19.1. The van der Waals surface area contributed by atoms with E-state index in [-0.39, 0.29) is 47.6 Å². The van der Waals surface area contributed by atoms with Crippen molar-refractivity contribution in [2.24, 2.45) is 46.6 Å². The summed E-state index contributed by atoms with van der Waals surface area (Å²) in [5, 5.41) is 66.5. The first kappa shape index (κ1) is 103. The van der Waals surface area contributed by atoms with Crippen LogP contribution in [0.5, 0.6) is 11.5 Å². The zero-order valence-corrected chi connectivity index (χ0v) is 84.5. The van der Waals surface area contributed by atoms with Crippen LogP contribution in [0.3, 0.4) is 0 Å². The molecule has 26 nitrogen and oxygen atoms in total. The molecular formula is C120H131FN20O6. The number of nitrogens with one attached hydrogen (secondary N) is 8. The van der Waals surface area contributed by atoms with Gasteiger partial charge >= 0.3 is 0 Å². The molecule has 4 unspecified atom stereocenters. The number of aryl methyl sites for hydroxylation is 8. The van der Waals surface area contributed by atoms with Crippen LogP contribution < -0.4 is 65.5 Å². The lowest BCUT2D eigenvalue weighted by Gasteiger charge is -2.22. The maximum absolute atomic E-state index is 14.9. The molecule has 18 N–H and O–H groups in total. The Balaban J connectivity index is 0.000000134. The van der Waals surface area contributed by atoms with Gasteiger partial charge in [0.1, 0.15) is 40.1 Å². The van der Waals surface area contributed by atoms with Gasteiger partial charge in [-0.25, -0.2) is 23.1 Å². The molecule has 4 aliphatic rings. The number of anilines is 4. The Morgan fingerprint density at radius 1 is 0.306 bits per heavy atom. The normalized spacial score (nSPS) is 13.9. The minimum atomic E-state index is -0.491. The van der Waals surface area contributed by atoms with Crippen LogP contribution in [0.15, 0.2) is 297 Å². The molecule has 0 radical (unpaired) electrons. The first-order chi connectivity index (χ1) is 71.2. The fraction of sp³-hybridized carbons (Fsp3) is 0.267. The number of halogens is 1. The average molecular weight is 1970 g/mol. The third-order valence-corrected chi connectivity index (χ3v) is 27.0. The number of aromatic hydroxyl groups is 2. The topological polar surface area (TPSA) is 380 Å². The number of aromatic nitrogens is 8. The van der Waals surface area contributed by atoms with E-state index in [1.54, 1.807) is 55.1 Å². The number of carbonyl (C=O) groups excluding carboxylic acids is 4. The van der Waals surface area contributed by atoms with E-state index in [9.17, 15) is 33.8 Å². The van der Waals surface area contributed by atoms with E-state index in [0.717, 1.165) is 150 Å². The van der Waals surface area contributed by atoms with Gasteiger partial charge in [0.15, 0.2) is 0 Å². The minimum Gasteiger partial charge on any atom is -0.507 e. The van der Waals surface area contributed by atoms with Gasteiger partial charge in [-0.3, -0.25) is 19.2 Å². The van der Waals surface area contributed by atoms with Crippen molar-refractivity contribution in [1.82, 2.24) is 60.4 Å². The lowest BCUT2D eigenvalue weighted by molar-refractivity contribution is 0.101. The van der Waals surface area contributed by atoms with Gasteiger partial charge in [-0.05, 0) is 345 Å². The van der Waals surface area contributed by atoms with Crippen molar-refractivity contribution in [1.29, 1.82) is 0 Å². The Kier molecular flexibility index (Phi) is 33.4. The standard InChI is InChI=1S/C30H32FN5O.2C30H33N5O2.C30H33N5O/c1-19-6-10-23(11-7-19)29(33-18-21-8-9-21)24-12-13-26(31)27(16-24)34-30(37)28-14-20(2)35-36(28)25-5-3-4-22(15-25)17-32;2*1-19-6-3-11-26(29(19)36)28(32-18-21-12-13-21)23-8-5-9-24(16-23)33-30(37)27-14-20(2)34-35(27)25-10-4-7-22(15-25)17-31;1-20-6-3-8-24(14-20)29(32-19-22-12-13-22)25-9-5-10-26(17-25)33-30(36)28-15-21(2)34-35(28)27-11-4-7-23(16-27)18-31/h3-7,10-16,21,29,33H,8-9,17-18,32H2,1-2H3,(H,34,37);2*3-11,14-16,21,28,32,36H,12-13,17-18,31H2,1-2H3,(H,33,37);3-11,14-17,22,29,32H,12-13,18-19,31H2,1-2H3,(H,33,36). The summed E-state index contributed by atoms with van der Waals surface area (Å²) in [4.78, 5) is 53.5. The molecule has 4 fully saturated rings. The molecule has 4 heterocycles. The fourth-order valence-corrected chi connectivity index (χ4v) is 18.2. The van der Waals surface area contributed by atoms with Crippen molar-refractivity contribution >= 4 is 46.4 Å². The minimum absolute atomic E-state index is 0.0640. The number of amides is 4. The quantitative estimate of drug-likeness (QED) is 0.0173. The van der Waals surface area contributed by atoms with Crippen molar-refractivity contribution in [3.8, 4) is 34.2 Å².